The Morgan fingerprint density at radius 1 is 0.783 bits per heavy atom. The minimum absolute atomic E-state index is 0.214. The average Bonchev–Trinajstić information content (AvgIpc) is 2.54. The molecule has 0 unspecified atom stereocenters. The zero-order valence-corrected chi connectivity index (χ0v) is 15.7. The number of unbranched alkanes of at least 4 members (excludes halogenated alkanes) is 9. The maximum Gasteiger partial charge on any atom is 0.219 e. The molecular weight excluding hydrogens is 288 g/mol. The van der Waals surface area contributed by atoms with Crippen molar-refractivity contribution in [1.82, 2.24) is 9.80 Å². The van der Waals surface area contributed by atoms with Crippen molar-refractivity contribution in [1.29, 1.82) is 0 Å². The third-order valence-corrected chi connectivity index (χ3v) is 4.35. The van der Waals surface area contributed by atoms with Crippen molar-refractivity contribution in [2.75, 3.05) is 26.7 Å². The molecule has 4 nitrogen and oxygen atoms in total. The summed E-state index contributed by atoms with van der Waals surface area (Å²) >= 11 is 0. The highest BCUT2D eigenvalue weighted by Gasteiger charge is 2.07. The first-order valence-electron chi connectivity index (χ1n) is 9.52. The summed E-state index contributed by atoms with van der Waals surface area (Å²) in [6, 6.07) is 0. The molecule has 4 heteroatoms. The summed E-state index contributed by atoms with van der Waals surface area (Å²) in [5.74, 6) is 0.214. The van der Waals surface area contributed by atoms with Gasteiger partial charge in [-0.2, -0.15) is 0 Å². The van der Waals surface area contributed by atoms with Crippen molar-refractivity contribution in [2.45, 2.75) is 84.5 Å². The highest BCUT2D eigenvalue weighted by molar-refractivity contribution is 5.73. The third kappa shape index (κ3) is 14.3. The van der Waals surface area contributed by atoms with Gasteiger partial charge < -0.3 is 9.80 Å². The van der Waals surface area contributed by atoms with Crippen LogP contribution in [-0.4, -0.2) is 48.8 Å². The predicted octanol–water partition coefficient (Wildman–Crippen LogP) is 4.23. The Kier molecular flexibility index (Phi) is 15.1. The molecule has 23 heavy (non-hydrogen) atoms. The van der Waals surface area contributed by atoms with Crippen molar-refractivity contribution >= 4 is 12.3 Å². The molecule has 0 rings (SSSR count). The Hall–Kier alpha value is -1.06. The summed E-state index contributed by atoms with van der Waals surface area (Å²) in [7, 11) is 1.82. The van der Waals surface area contributed by atoms with E-state index >= 15 is 0 Å². The van der Waals surface area contributed by atoms with E-state index in [0.717, 1.165) is 51.7 Å². The summed E-state index contributed by atoms with van der Waals surface area (Å²) < 4.78 is 0. The smallest absolute Gasteiger partial charge is 0.219 e. The van der Waals surface area contributed by atoms with Gasteiger partial charge in [-0.1, -0.05) is 58.3 Å². The Balaban J connectivity index is 3.57. The number of hydrogen-bond acceptors (Lipinski definition) is 2. The van der Waals surface area contributed by atoms with Gasteiger partial charge in [0.05, 0.1) is 0 Å². The first-order chi connectivity index (χ1) is 11.1. The average molecular weight is 327 g/mol. The van der Waals surface area contributed by atoms with Gasteiger partial charge in [0.25, 0.3) is 0 Å². The van der Waals surface area contributed by atoms with Crippen LogP contribution >= 0.6 is 0 Å². The highest BCUT2D eigenvalue weighted by atomic mass is 16.2. The van der Waals surface area contributed by atoms with E-state index in [0.29, 0.717) is 0 Å². The van der Waals surface area contributed by atoms with Crippen LogP contribution in [0.3, 0.4) is 0 Å². The topological polar surface area (TPSA) is 40.6 Å². The van der Waals surface area contributed by atoms with E-state index < -0.39 is 0 Å². The van der Waals surface area contributed by atoms with Crippen LogP contribution in [0.15, 0.2) is 0 Å². The summed E-state index contributed by atoms with van der Waals surface area (Å²) in [5.41, 5.74) is 0. The lowest BCUT2D eigenvalue weighted by Crippen LogP contribution is -2.30. The molecule has 0 saturated heterocycles. The standard InChI is InChI=1S/C19H38N2O2/c1-4-5-6-7-10-13-16-21(19(2)23)17-14-11-8-9-12-15-20(3)18-22/h18H,4-17H2,1-3H3. The van der Waals surface area contributed by atoms with E-state index in [-0.39, 0.29) is 5.91 Å². The third-order valence-electron chi connectivity index (χ3n) is 4.35. The van der Waals surface area contributed by atoms with E-state index in [1.165, 1.54) is 44.9 Å². The number of carbonyl (C=O) groups excluding carboxylic acids is 2. The van der Waals surface area contributed by atoms with Crippen molar-refractivity contribution < 1.29 is 9.59 Å². The van der Waals surface area contributed by atoms with Crippen LogP contribution < -0.4 is 0 Å². The van der Waals surface area contributed by atoms with Crippen molar-refractivity contribution in [3.63, 3.8) is 0 Å². The van der Waals surface area contributed by atoms with Crippen molar-refractivity contribution in [3.05, 3.63) is 0 Å². The second-order valence-electron chi connectivity index (χ2n) is 6.63. The lowest BCUT2D eigenvalue weighted by Gasteiger charge is -2.21. The Labute approximate surface area is 143 Å². The van der Waals surface area contributed by atoms with E-state index in [1.807, 2.05) is 11.9 Å². The minimum Gasteiger partial charge on any atom is -0.348 e. The van der Waals surface area contributed by atoms with Crippen molar-refractivity contribution in [2.24, 2.45) is 0 Å². The number of rotatable bonds is 16. The molecule has 0 aliphatic carbocycles. The van der Waals surface area contributed by atoms with Crippen LogP contribution in [0.5, 0.6) is 0 Å². The first-order valence-corrected chi connectivity index (χ1v) is 9.52. The fourth-order valence-corrected chi connectivity index (χ4v) is 2.76. The molecule has 0 spiro atoms. The summed E-state index contributed by atoms with van der Waals surface area (Å²) in [4.78, 5) is 25.8. The fraction of sp³-hybridized carbons (Fsp3) is 0.895. The van der Waals surface area contributed by atoms with Crippen LogP contribution in [0.25, 0.3) is 0 Å². The lowest BCUT2D eigenvalue weighted by molar-refractivity contribution is -0.129. The molecule has 0 atom stereocenters. The van der Waals surface area contributed by atoms with Gasteiger partial charge in [0.2, 0.25) is 12.3 Å². The largest absolute Gasteiger partial charge is 0.348 e. The molecule has 0 radical (unpaired) electrons. The van der Waals surface area contributed by atoms with Gasteiger partial charge in [-0.25, -0.2) is 0 Å². The fourth-order valence-electron chi connectivity index (χ4n) is 2.76. The van der Waals surface area contributed by atoms with Gasteiger partial charge in [0.1, 0.15) is 0 Å². The molecule has 0 aromatic heterocycles. The molecule has 136 valence electrons. The molecule has 0 fully saturated rings. The molecule has 0 bridgehead atoms. The van der Waals surface area contributed by atoms with Gasteiger partial charge in [-0.05, 0) is 19.3 Å². The van der Waals surface area contributed by atoms with Gasteiger partial charge >= 0.3 is 0 Å². The van der Waals surface area contributed by atoms with Gasteiger partial charge in [-0.3, -0.25) is 9.59 Å². The Bertz CT molecular complexity index is 295. The van der Waals surface area contributed by atoms with E-state index in [4.69, 9.17) is 0 Å². The molecule has 0 aliphatic heterocycles. The maximum atomic E-state index is 11.7. The first kappa shape index (κ1) is 21.9. The van der Waals surface area contributed by atoms with Crippen LogP contribution in [-0.2, 0) is 9.59 Å². The summed E-state index contributed by atoms with van der Waals surface area (Å²) in [6.07, 6.45) is 14.2. The number of amides is 2. The molecule has 0 N–H and O–H groups in total. The van der Waals surface area contributed by atoms with E-state index in [2.05, 4.69) is 6.92 Å². The van der Waals surface area contributed by atoms with Crippen LogP contribution in [0.2, 0.25) is 0 Å². The zero-order valence-electron chi connectivity index (χ0n) is 15.7. The minimum atomic E-state index is 0.214. The number of hydrogen-bond donors (Lipinski definition) is 0. The predicted molar refractivity (Wildman–Crippen MR) is 97.4 cm³/mol. The van der Waals surface area contributed by atoms with Gasteiger partial charge in [-0.15, -0.1) is 0 Å². The molecule has 0 heterocycles. The van der Waals surface area contributed by atoms with Crippen LogP contribution in [0.4, 0.5) is 0 Å². The second kappa shape index (κ2) is 15.8. The lowest BCUT2D eigenvalue weighted by atomic mass is 10.1. The molecule has 2 amide bonds. The molecule has 0 aliphatic rings. The highest BCUT2D eigenvalue weighted by Crippen LogP contribution is 2.08. The normalized spacial score (nSPS) is 10.6. The maximum absolute atomic E-state index is 11.7. The van der Waals surface area contributed by atoms with Crippen molar-refractivity contribution in [3.8, 4) is 0 Å². The summed E-state index contributed by atoms with van der Waals surface area (Å²) in [5, 5.41) is 0. The quantitative estimate of drug-likeness (QED) is 0.314. The van der Waals surface area contributed by atoms with Gasteiger partial charge in [0.15, 0.2) is 0 Å². The number of carbonyl (C=O) groups is 2. The Morgan fingerprint density at radius 2 is 1.22 bits per heavy atom. The molecular formula is C19H38N2O2. The zero-order chi connectivity index (χ0) is 17.3. The van der Waals surface area contributed by atoms with Crippen LogP contribution in [0.1, 0.15) is 84.5 Å². The van der Waals surface area contributed by atoms with Gasteiger partial charge in [0, 0.05) is 33.6 Å². The van der Waals surface area contributed by atoms with E-state index in [1.54, 1.807) is 11.8 Å². The molecule has 0 aromatic rings. The monoisotopic (exact) mass is 326 g/mol. The second-order valence-corrected chi connectivity index (χ2v) is 6.63. The van der Waals surface area contributed by atoms with E-state index in [9.17, 15) is 9.59 Å². The SMILES string of the molecule is CCCCCCCCN(CCCCCCCN(C)C=O)C(C)=O. The van der Waals surface area contributed by atoms with Crippen LogP contribution in [0, 0.1) is 0 Å². The molecule has 0 saturated carbocycles. The summed E-state index contributed by atoms with van der Waals surface area (Å²) in [6.45, 7) is 6.59. The molecule has 0 aromatic carbocycles. The Morgan fingerprint density at radius 3 is 1.65 bits per heavy atom. The number of nitrogens with zero attached hydrogens (tertiary/aromatic N) is 2.